The number of benzene rings is 1. The highest BCUT2D eigenvalue weighted by Gasteiger charge is 2.32. The van der Waals surface area contributed by atoms with Crippen LogP contribution < -0.4 is 10.6 Å². The number of nitrogens with zero attached hydrogens (tertiary/aromatic N) is 1. The summed E-state index contributed by atoms with van der Waals surface area (Å²) in [5.41, 5.74) is 0.286. The summed E-state index contributed by atoms with van der Waals surface area (Å²) in [6.45, 7) is 9.02. The number of carbonyl (C=O) groups is 2. The van der Waals surface area contributed by atoms with Gasteiger partial charge in [0.05, 0.1) is 19.2 Å². The van der Waals surface area contributed by atoms with Crippen molar-refractivity contribution < 1.29 is 19.1 Å². The lowest BCUT2D eigenvalue weighted by molar-refractivity contribution is -0.144. The largest absolute Gasteiger partial charge is 0.468 e. The maximum atomic E-state index is 12.3. The van der Waals surface area contributed by atoms with Gasteiger partial charge in [-0.1, -0.05) is 44.2 Å². The van der Waals surface area contributed by atoms with Crippen LogP contribution in [0.25, 0.3) is 0 Å². The number of nitriles is 1. The topological polar surface area (TPSA) is 100 Å². The van der Waals surface area contributed by atoms with E-state index in [-0.39, 0.29) is 5.92 Å². The number of amides is 1. The average Bonchev–Trinajstić information content (AvgIpc) is 2.60. The Morgan fingerprint density at radius 1 is 1.18 bits per heavy atom. The first kappa shape index (κ1) is 23.4. The van der Waals surface area contributed by atoms with Gasteiger partial charge in [0.1, 0.15) is 17.7 Å². The quantitative estimate of drug-likeness (QED) is 0.663. The molecule has 7 nitrogen and oxygen atoms in total. The number of esters is 1. The Bertz CT molecular complexity index is 677. The van der Waals surface area contributed by atoms with E-state index in [0.29, 0.717) is 6.42 Å². The van der Waals surface area contributed by atoms with E-state index in [1.165, 1.54) is 7.11 Å². The zero-order valence-electron chi connectivity index (χ0n) is 17.5. The fraction of sp³-hybridized carbons (Fsp3) is 0.571. The van der Waals surface area contributed by atoms with Crippen molar-refractivity contribution in [2.24, 2.45) is 5.92 Å². The van der Waals surface area contributed by atoms with Crippen molar-refractivity contribution in [2.45, 2.75) is 64.8 Å². The van der Waals surface area contributed by atoms with Gasteiger partial charge in [-0.15, -0.1) is 0 Å². The number of carbonyl (C=O) groups excluding carboxylic acids is 2. The molecule has 0 aromatic heterocycles. The molecule has 3 atom stereocenters. The van der Waals surface area contributed by atoms with E-state index >= 15 is 0 Å². The maximum Gasteiger partial charge on any atom is 0.407 e. The van der Waals surface area contributed by atoms with Crippen molar-refractivity contribution in [1.29, 1.82) is 5.26 Å². The molecule has 0 aliphatic carbocycles. The van der Waals surface area contributed by atoms with Crippen LogP contribution in [0.2, 0.25) is 0 Å². The fourth-order valence-corrected chi connectivity index (χ4v) is 2.68. The monoisotopic (exact) mass is 389 g/mol. The molecule has 0 bridgehead atoms. The van der Waals surface area contributed by atoms with Gasteiger partial charge in [0.25, 0.3) is 0 Å². The van der Waals surface area contributed by atoms with Crippen LogP contribution in [-0.4, -0.2) is 42.9 Å². The number of ether oxygens (including phenoxy) is 2. The lowest BCUT2D eigenvalue weighted by Crippen LogP contribution is -2.56. The molecule has 1 amide bonds. The molecule has 0 unspecified atom stereocenters. The first-order valence-electron chi connectivity index (χ1n) is 9.34. The fourth-order valence-electron chi connectivity index (χ4n) is 2.68. The van der Waals surface area contributed by atoms with Crippen LogP contribution in [0, 0.1) is 17.2 Å². The van der Waals surface area contributed by atoms with Gasteiger partial charge in [0.15, 0.2) is 0 Å². The van der Waals surface area contributed by atoms with E-state index in [1.54, 1.807) is 20.8 Å². The Morgan fingerprint density at radius 2 is 1.79 bits per heavy atom. The average molecular weight is 389 g/mol. The van der Waals surface area contributed by atoms with Gasteiger partial charge in [-0.2, -0.15) is 5.26 Å². The highest BCUT2D eigenvalue weighted by Crippen LogP contribution is 2.12. The van der Waals surface area contributed by atoms with Crippen molar-refractivity contribution in [3.63, 3.8) is 0 Å². The molecule has 2 N–H and O–H groups in total. The molecule has 0 heterocycles. The Morgan fingerprint density at radius 3 is 2.25 bits per heavy atom. The molecule has 0 aliphatic rings. The second-order valence-electron chi connectivity index (χ2n) is 7.96. The van der Waals surface area contributed by atoms with E-state index < -0.39 is 35.8 Å². The van der Waals surface area contributed by atoms with Gasteiger partial charge >= 0.3 is 12.1 Å². The first-order chi connectivity index (χ1) is 13.1. The van der Waals surface area contributed by atoms with Gasteiger partial charge in [-0.3, -0.25) is 10.1 Å². The van der Waals surface area contributed by atoms with Crippen molar-refractivity contribution in [2.75, 3.05) is 7.11 Å². The van der Waals surface area contributed by atoms with Crippen LogP contribution in [-0.2, 0) is 20.7 Å². The first-order valence-corrected chi connectivity index (χ1v) is 9.34. The number of hydrogen-bond donors (Lipinski definition) is 2. The van der Waals surface area contributed by atoms with Crippen molar-refractivity contribution in [3.05, 3.63) is 35.9 Å². The van der Waals surface area contributed by atoms with Gasteiger partial charge in [-0.25, -0.2) is 4.79 Å². The minimum absolute atomic E-state index is 0.0952. The maximum absolute atomic E-state index is 12.3. The summed E-state index contributed by atoms with van der Waals surface area (Å²) in [7, 11) is 1.31. The summed E-state index contributed by atoms with van der Waals surface area (Å²) < 4.78 is 10.2. The molecule has 28 heavy (non-hydrogen) atoms. The van der Waals surface area contributed by atoms with E-state index in [0.717, 1.165) is 5.56 Å². The Balaban J connectivity index is 3.06. The smallest absolute Gasteiger partial charge is 0.407 e. The Kier molecular flexibility index (Phi) is 8.93. The highest BCUT2D eigenvalue weighted by molar-refractivity contribution is 5.76. The molecule has 1 aromatic rings. The van der Waals surface area contributed by atoms with Crippen molar-refractivity contribution in [1.82, 2.24) is 10.6 Å². The number of methoxy groups -OCH3 is 1. The predicted octanol–water partition coefficient (Wildman–Crippen LogP) is 2.80. The highest BCUT2D eigenvalue weighted by atomic mass is 16.6. The lowest BCUT2D eigenvalue weighted by Gasteiger charge is -2.30. The van der Waals surface area contributed by atoms with E-state index in [4.69, 9.17) is 9.47 Å². The summed E-state index contributed by atoms with van der Waals surface area (Å²) in [5.74, 6) is -0.548. The van der Waals surface area contributed by atoms with Crippen LogP contribution in [0.15, 0.2) is 30.3 Å². The predicted molar refractivity (Wildman–Crippen MR) is 106 cm³/mol. The standard InChI is InChI=1S/C21H31N3O4/c1-14(2)18(19(25)27-6)23-17(13-22)16(12-15-10-8-7-9-11-15)24-20(26)28-21(3,4)5/h7-11,14,16-18,23H,12H2,1-6H3,(H,24,26)/t16-,17-,18-/m0/s1. The second kappa shape index (κ2) is 10.7. The van der Waals surface area contributed by atoms with Gasteiger partial charge in [0, 0.05) is 0 Å². The summed E-state index contributed by atoms with van der Waals surface area (Å²) >= 11 is 0. The molecule has 0 saturated heterocycles. The third kappa shape index (κ3) is 7.97. The molecular weight excluding hydrogens is 358 g/mol. The third-order valence-corrected chi connectivity index (χ3v) is 4.02. The Hall–Kier alpha value is -2.59. The molecule has 154 valence electrons. The zero-order chi connectivity index (χ0) is 21.3. The lowest BCUT2D eigenvalue weighted by atomic mass is 9.97. The molecule has 0 fully saturated rings. The summed E-state index contributed by atoms with van der Waals surface area (Å²) in [6.07, 6.45) is -0.216. The van der Waals surface area contributed by atoms with Gasteiger partial charge < -0.3 is 14.8 Å². The molecular formula is C21H31N3O4. The van der Waals surface area contributed by atoms with Crippen LogP contribution in [0.5, 0.6) is 0 Å². The molecule has 1 aromatic carbocycles. The van der Waals surface area contributed by atoms with E-state index in [9.17, 15) is 14.9 Å². The summed E-state index contributed by atoms with van der Waals surface area (Å²) in [4.78, 5) is 24.4. The van der Waals surface area contributed by atoms with Crippen molar-refractivity contribution in [3.8, 4) is 6.07 Å². The Labute approximate surface area is 167 Å². The van der Waals surface area contributed by atoms with Crippen LogP contribution in [0.3, 0.4) is 0 Å². The summed E-state index contributed by atoms with van der Waals surface area (Å²) in [6, 6.07) is 9.57. The number of nitrogens with one attached hydrogen (secondary N) is 2. The SMILES string of the molecule is COC(=O)[C@@H](N[C@@H](C#N)[C@H](Cc1ccccc1)NC(=O)OC(C)(C)C)C(C)C. The van der Waals surface area contributed by atoms with E-state index in [1.807, 2.05) is 44.2 Å². The molecule has 0 aliphatic heterocycles. The van der Waals surface area contributed by atoms with Crippen LogP contribution >= 0.6 is 0 Å². The second-order valence-corrected chi connectivity index (χ2v) is 7.96. The van der Waals surface area contributed by atoms with Crippen LogP contribution in [0.1, 0.15) is 40.2 Å². The number of alkyl carbamates (subject to hydrolysis) is 1. The minimum Gasteiger partial charge on any atom is -0.468 e. The number of rotatable bonds is 8. The van der Waals surface area contributed by atoms with Gasteiger partial charge in [-0.05, 0) is 38.7 Å². The van der Waals surface area contributed by atoms with Crippen LogP contribution in [0.4, 0.5) is 4.79 Å². The molecule has 0 spiro atoms. The summed E-state index contributed by atoms with van der Waals surface area (Å²) in [5, 5.41) is 15.6. The minimum atomic E-state index is -0.820. The molecule has 7 heteroatoms. The molecule has 0 saturated carbocycles. The zero-order valence-corrected chi connectivity index (χ0v) is 17.5. The third-order valence-electron chi connectivity index (χ3n) is 4.02. The number of hydrogen-bond acceptors (Lipinski definition) is 6. The molecule has 0 radical (unpaired) electrons. The van der Waals surface area contributed by atoms with Gasteiger partial charge in [0.2, 0.25) is 0 Å². The normalized spacial score (nSPS) is 14.5. The van der Waals surface area contributed by atoms with Crippen molar-refractivity contribution >= 4 is 12.1 Å². The van der Waals surface area contributed by atoms with E-state index in [2.05, 4.69) is 16.7 Å². The molecule has 1 rings (SSSR count).